The quantitative estimate of drug-likeness (QED) is 0.539. The first-order valence-corrected chi connectivity index (χ1v) is 8.05. The number of benzene rings is 1. The molecule has 2 aromatic heterocycles. The molecule has 1 N–H and O–H groups in total. The second-order valence-corrected chi connectivity index (χ2v) is 5.84. The number of halogens is 2. The Kier molecular flexibility index (Phi) is 5.35. The topological polar surface area (TPSA) is 63.6 Å². The SMILES string of the molecule is Fc1ncc(/C=C/c2cnc(NSc3ccccc3Cl)cn2)cn1. The molecule has 5 nitrogen and oxygen atoms in total. The Hall–Kier alpha value is -2.51. The molecule has 0 saturated heterocycles. The molecule has 0 unspecified atom stereocenters. The van der Waals surface area contributed by atoms with E-state index in [0.29, 0.717) is 22.1 Å². The molecule has 2 heterocycles. The number of rotatable bonds is 5. The van der Waals surface area contributed by atoms with Crippen LogP contribution in [0.5, 0.6) is 0 Å². The van der Waals surface area contributed by atoms with Crippen LogP contribution in [0, 0.1) is 6.08 Å². The van der Waals surface area contributed by atoms with E-state index in [4.69, 9.17) is 11.6 Å². The zero-order valence-electron chi connectivity index (χ0n) is 12.2. The molecule has 0 atom stereocenters. The highest BCUT2D eigenvalue weighted by Gasteiger charge is 2.01. The fourth-order valence-corrected chi connectivity index (χ4v) is 2.59. The van der Waals surface area contributed by atoms with E-state index in [9.17, 15) is 4.39 Å². The van der Waals surface area contributed by atoms with Gasteiger partial charge in [0.15, 0.2) is 5.82 Å². The summed E-state index contributed by atoms with van der Waals surface area (Å²) in [6, 6.07) is 7.52. The van der Waals surface area contributed by atoms with Gasteiger partial charge in [-0.2, -0.15) is 4.39 Å². The van der Waals surface area contributed by atoms with E-state index in [1.165, 1.54) is 24.3 Å². The van der Waals surface area contributed by atoms with Crippen LogP contribution < -0.4 is 4.72 Å². The number of nitrogens with zero attached hydrogens (tertiary/aromatic N) is 4. The van der Waals surface area contributed by atoms with Gasteiger partial charge < -0.3 is 4.72 Å². The van der Waals surface area contributed by atoms with E-state index in [-0.39, 0.29) is 0 Å². The fourth-order valence-electron chi connectivity index (χ4n) is 1.70. The van der Waals surface area contributed by atoms with E-state index >= 15 is 0 Å². The van der Waals surface area contributed by atoms with Crippen LogP contribution in [-0.4, -0.2) is 19.9 Å². The third kappa shape index (κ3) is 4.50. The number of hydrogen-bond donors (Lipinski definition) is 1. The van der Waals surface area contributed by atoms with Crippen LogP contribution in [0.25, 0.3) is 12.2 Å². The largest absolute Gasteiger partial charge is 0.309 e. The molecule has 0 radical (unpaired) electrons. The first kappa shape index (κ1) is 16.4. The summed E-state index contributed by atoms with van der Waals surface area (Å²) >= 11 is 7.45. The van der Waals surface area contributed by atoms with Crippen LogP contribution in [-0.2, 0) is 0 Å². The Bertz CT molecular complexity index is 840. The maximum Gasteiger partial charge on any atom is 0.308 e. The van der Waals surface area contributed by atoms with Gasteiger partial charge in [-0.25, -0.2) is 15.0 Å². The monoisotopic (exact) mass is 359 g/mol. The minimum atomic E-state index is -0.751. The molecule has 8 heteroatoms. The smallest absolute Gasteiger partial charge is 0.308 e. The van der Waals surface area contributed by atoms with Gasteiger partial charge in [-0.05, 0) is 36.2 Å². The van der Waals surface area contributed by atoms with Crippen molar-refractivity contribution in [1.82, 2.24) is 19.9 Å². The first-order valence-electron chi connectivity index (χ1n) is 6.86. The lowest BCUT2D eigenvalue weighted by atomic mass is 10.3. The molecule has 0 bridgehead atoms. The van der Waals surface area contributed by atoms with Crippen molar-refractivity contribution in [3.63, 3.8) is 0 Å². The lowest BCUT2D eigenvalue weighted by Gasteiger charge is -2.05. The summed E-state index contributed by atoms with van der Waals surface area (Å²) in [6.45, 7) is 0. The standard InChI is InChI=1S/C16H11ClFN5S/c17-13-3-1-2-4-14(13)24-23-15-10-19-12(9-20-15)6-5-11-7-21-16(18)22-8-11/h1-10H,(H,20,23)/b6-5+. The van der Waals surface area contributed by atoms with Crippen molar-refractivity contribution in [2.24, 2.45) is 0 Å². The van der Waals surface area contributed by atoms with Crippen LogP contribution in [0.3, 0.4) is 0 Å². The lowest BCUT2D eigenvalue weighted by Crippen LogP contribution is -1.93. The summed E-state index contributed by atoms with van der Waals surface area (Å²) in [7, 11) is 0. The molecule has 0 aliphatic heterocycles. The zero-order valence-corrected chi connectivity index (χ0v) is 13.8. The predicted molar refractivity (Wildman–Crippen MR) is 93.9 cm³/mol. The zero-order chi connectivity index (χ0) is 16.8. The van der Waals surface area contributed by atoms with Gasteiger partial charge in [0.05, 0.1) is 23.1 Å². The van der Waals surface area contributed by atoms with Gasteiger partial charge in [0.1, 0.15) is 0 Å². The molecule has 0 amide bonds. The van der Waals surface area contributed by atoms with Crippen LogP contribution >= 0.6 is 23.5 Å². The molecular weight excluding hydrogens is 349 g/mol. The second-order valence-electron chi connectivity index (χ2n) is 4.58. The number of anilines is 1. The minimum Gasteiger partial charge on any atom is -0.309 e. The Morgan fingerprint density at radius 1 is 0.958 bits per heavy atom. The van der Waals surface area contributed by atoms with E-state index in [1.54, 1.807) is 24.5 Å². The van der Waals surface area contributed by atoms with Gasteiger partial charge in [-0.3, -0.25) is 4.98 Å². The maximum absolute atomic E-state index is 12.6. The summed E-state index contributed by atoms with van der Waals surface area (Å²) < 4.78 is 15.7. The van der Waals surface area contributed by atoms with E-state index in [1.807, 2.05) is 24.3 Å². The van der Waals surface area contributed by atoms with Crippen molar-refractivity contribution in [2.75, 3.05) is 4.72 Å². The van der Waals surface area contributed by atoms with E-state index < -0.39 is 6.08 Å². The van der Waals surface area contributed by atoms with Crippen molar-refractivity contribution in [3.05, 3.63) is 71.4 Å². The van der Waals surface area contributed by atoms with Crippen LogP contribution in [0.15, 0.2) is 53.9 Å². The van der Waals surface area contributed by atoms with Crippen molar-refractivity contribution in [3.8, 4) is 0 Å². The van der Waals surface area contributed by atoms with Crippen molar-refractivity contribution in [2.45, 2.75) is 4.90 Å². The van der Waals surface area contributed by atoms with Crippen molar-refractivity contribution >= 4 is 41.5 Å². The Morgan fingerprint density at radius 2 is 1.75 bits per heavy atom. The van der Waals surface area contributed by atoms with Gasteiger partial charge in [0.2, 0.25) is 0 Å². The van der Waals surface area contributed by atoms with Crippen LogP contribution in [0.4, 0.5) is 10.2 Å². The highest BCUT2D eigenvalue weighted by atomic mass is 35.5. The number of nitrogens with one attached hydrogen (secondary N) is 1. The fraction of sp³-hybridized carbons (Fsp3) is 0. The molecule has 0 aliphatic rings. The van der Waals surface area contributed by atoms with Crippen LogP contribution in [0.2, 0.25) is 5.02 Å². The highest BCUT2D eigenvalue weighted by Crippen LogP contribution is 2.26. The summed E-state index contributed by atoms with van der Waals surface area (Å²) in [5, 5.41) is 0.670. The highest BCUT2D eigenvalue weighted by molar-refractivity contribution is 8.00. The molecule has 0 saturated carbocycles. The average Bonchev–Trinajstić information content (AvgIpc) is 2.61. The number of aromatic nitrogens is 4. The van der Waals surface area contributed by atoms with Crippen molar-refractivity contribution in [1.29, 1.82) is 0 Å². The Balaban J connectivity index is 1.61. The van der Waals surface area contributed by atoms with Crippen molar-refractivity contribution < 1.29 is 4.39 Å². The maximum atomic E-state index is 12.6. The molecule has 24 heavy (non-hydrogen) atoms. The van der Waals surface area contributed by atoms with Gasteiger partial charge in [0.25, 0.3) is 0 Å². The molecule has 1 aromatic carbocycles. The normalized spacial score (nSPS) is 10.9. The summed E-state index contributed by atoms with van der Waals surface area (Å²) in [4.78, 5) is 16.4. The lowest BCUT2D eigenvalue weighted by molar-refractivity contribution is 0.538. The predicted octanol–water partition coefficient (Wildman–Crippen LogP) is 4.35. The molecule has 3 aromatic rings. The van der Waals surface area contributed by atoms with Gasteiger partial charge in [-0.15, -0.1) is 0 Å². The number of hydrogen-bond acceptors (Lipinski definition) is 6. The molecule has 0 fully saturated rings. The second kappa shape index (κ2) is 7.85. The summed E-state index contributed by atoms with van der Waals surface area (Å²) in [5.41, 5.74) is 1.34. The first-order chi connectivity index (χ1) is 11.7. The molecule has 0 aliphatic carbocycles. The van der Waals surface area contributed by atoms with E-state index in [0.717, 1.165) is 4.90 Å². The molecule has 120 valence electrons. The van der Waals surface area contributed by atoms with Gasteiger partial charge in [0, 0.05) is 22.9 Å². The van der Waals surface area contributed by atoms with Gasteiger partial charge >= 0.3 is 6.08 Å². The minimum absolute atomic E-state index is 0.613. The molecule has 3 rings (SSSR count). The molecular formula is C16H11ClFN5S. The van der Waals surface area contributed by atoms with Gasteiger partial charge in [-0.1, -0.05) is 23.7 Å². The van der Waals surface area contributed by atoms with Crippen LogP contribution in [0.1, 0.15) is 11.3 Å². The summed E-state index contributed by atoms with van der Waals surface area (Å²) in [6.07, 6.45) is 8.74. The average molecular weight is 360 g/mol. The summed E-state index contributed by atoms with van der Waals surface area (Å²) in [5.74, 6) is 0.613. The molecule has 0 spiro atoms. The third-order valence-electron chi connectivity index (χ3n) is 2.86. The van der Waals surface area contributed by atoms with E-state index in [2.05, 4.69) is 24.7 Å². The Labute approximate surface area is 147 Å². The third-order valence-corrected chi connectivity index (χ3v) is 4.19. The Morgan fingerprint density at radius 3 is 2.46 bits per heavy atom.